The number of aromatic nitrogens is 1. The number of halogens is 3. The number of hydrogen-bond donors (Lipinski definition) is 0. The predicted molar refractivity (Wildman–Crippen MR) is 58.0 cm³/mol. The van der Waals surface area contributed by atoms with Gasteiger partial charge in [0.25, 0.3) is 0 Å². The Morgan fingerprint density at radius 2 is 2.07 bits per heavy atom. The Kier molecular flexibility index (Phi) is 3.76. The SMILES string of the molecule is C[C@H](C(=O)c1ccccn1)C(Cl)(Cl)Cl. The molecular formula is C9H8Cl3NO. The minimum Gasteiger partial charge on any atom is -0.292 e. The van der Waals surface area contributed by atoms with E-state index in [2.05, 4.69) is 4.98 Å². The van der Waals surface area contributed by atoms with Gasteiger partial charge in [-0.3, -0.25) is 9.78 Å². The third-order valence-electron chi connectivity index (χ3n) is 1.80. The first kappa shape index (κ1) is 11.8. The van der Waals surface area contributed by atoms with Crippen molar-refractivity contribution < 1.29 is 4.79 Å². The zero-order valence-corrected chi connectivity index (χ0v) is 9.64. The monoisotopic (exact) mass is 251 g/mol. The minimum absolute atomic E-state index is 0.273. The third-order valence-corrected chi connectivity index (χ3v) is 2.78. The number of ketones is 1. The van der Waals surface area contributed by atoms with Crippen LogP contribution in [0.5, 0.6) is 0 Å². The normalized spacial score (nSPS) is 13.7. The molecule has 0 fully saturated rings. The van der Waals surface area contributed by atoms with Gasteiger partial charge in [-0.2, -0.15) is 0 Å². The van der Waals surface area contributed by atoms with Crippen molar-refractivity contribution in [1.29, 1.82) is 0 Å². The zero-order chi connectivity index (χ0) is 10.8. The summed E-state index contributed by atoms with van der Waals surface area (Å²) in [6.45, 7) is 1.56. The van der Waals surface area contributed by atoms with Crippen LogP contribution in [0.25, 0.3) is 0 Å². The molecule has 0 aromatic carbocycles. The molecule has 0 N–H and O–H groups in total. The molecule has 5 heteroatoms. The summed E-state index contributed by atoms with van der Waals surface area (Å²) in [4.78, 5) is 15.6. The lowest BCUT2D eigenvalue weighted by Gasteiger charge is -2.17. The van der Waals surface area contributed by atoms with Crippen LogP contribution in [0.2, 0.25) is 0 Å². The molecule has 1 aromatic heterocycles. The molecule has 0 aliphatic rings. The molecule has 14 heavy (non-hydrogen) atoms. The first-order chi connectivity index (χ1) is 6.43. The van der Waals surface area contributed by atoms with Crippen LogP contribution in [-0.2, 0) is 0 Å². The van der Waals surface area contributed by atoms with Crippen molar-refractivity contribution in [2.75, 3.05) is 0 Å². The van der Waals surface area contributed by atoms with E-state index in [0.29, 0.717) is 5.69 Å². The van der Waals surface area contributed by atoms with E-state index in [1.54, 1.807) is 25.1 Å². The second-order valence-corrected chi connectivity index (χ2v) is 5.21. The van der Waals surface area contributed by atoms with Crippen molar-refractivity contribution in [3.63, 3.8) is 0 Å². The summed E-state index contributed by atoms with van der Waals surface area (Å²) in [7, 11) is 0. The maximum absolute atomic E-state index is 11.7. The molecule has 2 nitrogen and oxygen atoms in total. The van der Waals surface area contributed by atoms with Gasteiger partial charge in [0.05, 0.1) is 5.92 Å². The van der Waals surface area contributed by atoms with E-state index >= 15 is 0 Å². The predicted octanol–water partition coefficient (Wildman–Crippen LogP) is 3.27. The van der Waals surface area contributed by atoms with Gasteiger partial charge in [-0.25, -0.2) is 0 Å². The van der Waals surface area contributed by atoms with Gasteiger partial charge in [0.2, 0.25) is 0 Å². The lowest BCUT2D eigenvalue weighted by Crippen LogP contribution is -2.25. The summed E-state index contributed by atoms with van der Waals surface area (Å²) < 4.78 is -1.59. The molecule has 0 saturated carbocycles. The molecule has 0 radical (unpaired) electrons. The smallest absolute Gasteiger partial charge is 0.200 e. The number of carbonyl (C=O) groups excluding carboxylic acids is 1. The van der Waals surface area contributed by atoms with Gasteiger partial charge in [-0.1, -0.05) is 47.8 Å². The van der Waals surface area contributed by atoms with E-state index in [0.717, 1.165) is 0 Å². The summed E-state index contributed by atoms with van der Waals surface area (Å²) in [6.07, 6.45) is 1.53. The third kappa shape index (κ3) is 2.84. The number of carbonyl (C=O) groups is 1. The molecule has 0 bridgehead atoms. The molecular weight excluding hydrogens is 244 g/mol. The molecule has 0 aliphatic heterocycles. The number of Topliss-reactive ketones (excluding diaryl/α,β-unsaturated/α-hetero) is 1. The summed E-state index contributed by atoms with van der Waals surface area (Å²) in [5, 5.41) is 0. The van der Waals surface area contributed by atoms with Crippen molar-refractivity contribution in [2.45, 2.75) is 10.7 Å². The molecule has 0 spiro atoms. The van der Waals surface area contributed by atoms with Gasteiger partial charge >= 0.3 is 0 Å². The molecule has 1 aromatic rings. The summed E-state index contributed by atoms with van der Waals surface area (Å²) in [5.74, 6) is -0.979. The van der Waals surface area contributed by atoms with Crippen molar-refractivity contribution in [2.24, 2.45) is 5.92 Å². The highest BCUT2D eigenvalue weighted by atomic mass is 35.6. The number of nitrogens with zero attached hydrogens (tertiary/aromatic N) is 1. The number of hydrogen-bond acceptors (Lipinski definition) is 2. The topological polar surface area (TPSA) is 30.0 Å². The zero-order valence-electron chi connectivity index (χ0n) is 7.38. The molecule has 1 atom stereocenters. The second-order valence-electron chi connectivity index (χ2n) is 2.84. The van der Waals surface area contributed by atoms with Gasteiger partial charge in [-0.05, 0) is 12.1 Å². The van der Waals surface area contributed by atoms with E-state index in [1.165, 1.54) is 6.20 Å². The van der Waals surface area contributed by atoms with Crippen molar-refractivity contribution in [3.8, 4) is 0 Å². The Labute approximate surface area is 97.2 Å². The molecule has 0 aliphatic carbocycles. The first-order valence-electron chi connectivity index (χ1n) is 3.95. The maximum Gasteiger partial charge on any atom is 0.200 e. The minimum atomic E-state index is -1.59. The Bertz CT molecular complexity index is 321. The van der Waals surface area contributed by atoms with E-state index in [-0.39, 0.29) is 5.78 Å². The highest BCUT2D eigenvalue weighted by molar-refractivity contribution is 6.68. The summed E-state index contributed by atoms with van der Waals surface area (Å²) in [5.41, 5.74) is 0.311. The highest BCUT2D eigenvalue weighted by Crippen LogP contribution is 2.36. The van der Waals surface area contributed by atoms with Crippen molar-refractivity contribution >= 4 is 40.6 Å². The molecule has 0 amide bonds. The molecule has 0 saturated heterocycles. The molecule has 1 heterocycles. The molecule has 0 unspecified atom stereocenters. The standard InChI is InChI=1S/C9H8Cl3NO/c1-6(9(10,11)12)8(14)7-4-2-3-5-13-7/h2-6H,1H3/t6-/m1/s1. The van der Waals surface area contributed by atoms with Gasteiger partial charge in [0, 0.05) is 6.20 Å². The van der Waals surface area contributed by atoms with Crippen LogP contribution in [0, 0.1) is 5.92 Å². The van der Waals surface area contributed by atoms with Gasteiger partial charge < -0.3 is 0 Å². The van der Waals surface area contributed by atoms with E-state index in [9.17, 15) is 4.79 Å². The Balaban J connectivity index is 2.87. The quantitative estimate of drug-likeness (QED) is 0.597. The van der Waals surface area contributed by atoms with E-state index in [4.69, 9.17) is 34.8 Å². The average Bonchev–Trinajstić information content (AvgIpc) is 2.15. The Morgan fingerprint density at radius 3 is 2.50 bits per heavy atom. The fraction of sp³-hybridized carbons (Fsp3) is 0.333. The second kappa shape index (κ2) is 4.47. The van der Waals surface area contributed by atoms with Gasteiger partial charge in [-0.15, -0.1) is 0 Å². The van der Waals surface area contributed by atoms with Crippen LogP contribution < -0.4 is 0 Å². The fourth-order valence-corrected chi connectivity index (χ4v) is 1.18. The van der Waals surface area contributed by atoms with E-state index < -0.39 is 9.71 Å². The highest BCUT2D eigenvalue weighted by Gasteiger charge is 2.35. The van der Waals surface area contributed by atoms with Crippen molar-refractivity contribution in [3.05, 3.63) is 30.1 Å². The van der Waals surface area contributed by atoms with Gasteiger partial charge in [0.15, 0.2) is 9.58 Å². The van der Waals surface area contributed by atoms with Crippen molar-refractivity contribution in [1.82, 2.24) is 4.98 Å². The van der Waals surface area contributed by atoms with Crippen LogP contribution in [0.4, 0.5) is 0 Å². The van der Waals surface area contributed by atoms with Crippen LogP contribution in [0.1, 0.15) is 17.4 Å². The van der Waals surface area contributed by atoms with Crippen LogP contribution >= 0.6 is 34.8 Å². The van der Waals surface area contributed by atoms with Crippen LogP contribution in [0.15, 0.2) is 24.4 Å². The number of alkyl halides is 3. The molecule has 1 rings (SSSR count). The van der Waals surface area contributed by atoms with Crippen LogP contribution in [0.3, 0.4) is 0 Å². The van der Waals surface area contributed by atoms with Gasteiger partial charge in [0.1, 0.15) is 5.69 Å². The van der Waals surface area contributed by atoms with Crippen LogP contribution in [-0.4, -0.2) is 14.6 Å². The largest absolute Gasteiger partial charge is 0.292 e. The first-order valence-corrected chi connectivity index (χ1v) is 5.08. The number of pyridine rings is 1. The lowest BCUT2D eigenvalue weighted by atomic mass is 10.1. The maximum atomic E-state index is 11.7. The number of rotatable bonds is 2. The summed E-state index contributed by atoms with van der Waals surface area (Å²) in [6, 6.07) is 5.03. The lowest BCUT2D eigenvalue weighted by molar-refractivity contribution is 0.0926. The average molecular weight is 253 g/mol. The summed E-state index contributed by atoms with van der Waals surface area (Å²) >= 11 is 16.8. The van der Waals surface area contributed by atoms with E-state index in [1.807, 2.05) is 0 Å². The Hall–Kier alpha value is -0.310. The fourth-order valence-electron chi connectivity index (χ4n) is 0.879. The Morgan fingerprint density at radius 1 is 1.43 bits per heavy atom. The molecule has 76 valence electrons.